The number of benzene rings is 1. The average Bonchev–Trinajstić information content (AvgIpc) is 2.24. The zero-order chi connectivity index (χ0) is 12.7. The molecule has 0 bridgehead atoms. The fourth-order valence-corrected chi connectivity index (χ4v) is 1.26. The Morgan fingerprint density at radius 2 is 1.76 bits per heavy atom. The molecule has 0 unspecified atom stereocenters. The Labute approximate surface area is 97.3 Å². The summed E-state index contributed by atoms with van der Waals surface area (Å²) in [5.74, 6) is 0. The first-order valence-corrected chi connectivity index (χ1v) is 5.11. The summed E-state index contributed by atoms with van der Waals surface area (Å²) < 4.78 is 43.3. The van der Waals surface area contributed by atoms with Crippen LogP contribution in [-0.2, 0) is 15.9 Å². The Kier molecular flexibility index (Phi) is 5.24. The van der Waals surface area contributed by atoms with Gasteiger partial charge in [-0.2, -0.15) is 0 Å². The first kappa shape index (κ1) is 13.8. The van der Waals surface area contributed by atoms with Crippen LogP contribution in [0, 0.1) is 0 Å². The second kappa shape index (κ2) is 6.46. The molecule has 0 saturated heterocycles. The number of ether oxygens (including phenoxy) is 2. The molecule has 0 atom stereocenters. The van der Waals surface area contributed by atoms with Crippen molar-refractivity contribution < 1.29 is 22.6 Å². The molecule has 0 aromatic heterocycles. The van der Waals surface area contributed by atoms with Gasteiger partial charge in [-0.1, -0.05) is 18.2 Å². The molecule has 1 aromatic carbocycles. The van der Waals surface area contributed by atoms with Gasteiger partial charge in [0.2, 0.25) is 0 Å². The summed E-state index contributed by atoms with van der Waals surface area (Å²) in [5, 5.41) is 0. The molecule has 0 spiro atoms. The third-order valence-electron chi connectivity index (χ3n) is 2.06. The van der Waals surface area contributed by atoms with Gasteiger partial charge in [0, 0.05) is 5.69 Å². The zero-order valence-corrected chi connectivity index (χ0v) is 9.17. The van der Waals surface area contributed by atoms with E-state index in [2.05, 4.69) is 4.74 Å². The monoisotopic (exact) mass is 249 g/mol. The zero-order valence-electron chi connectivity index (χ0n) is 9.17. The van der Waals surface area contributed by atoms with Gasteiger partial charge in [0.05, 0.1) is 19.8 Å². The number of nitrogens with two attached hydrogens (primary N) is 1. The van der Waals surface area contributed by atoms with Crippen LogP contribution in [0.25, 0.3) is 0 Å². The first-order valence-electron chi connectivity index (χ1n) is 5.11. The smallest absolute Gasteiger partial charge is 0.399 e. The molecule has 0 aliphatic rings. The topological polar surface area (TPSA) is 44.5 Å². The minimum absolute atomic E-state index is 0.0910. The van der Waals surface area contributed by atoms with Gasteiger partial charge in [-0.25, -0.2) is 0 Å². The predicted octanol–water partition coefficient (Wildman–Crippen LogP) is 2.36. The molecule has 0 saturated carbocycles. The SMILES string of the molecule is Nc1ccccc1CCOCCOC(F)(F)F. The van der Waals surface area contributed by atoms with Gasteiger partial charge < -0.3 is 10.5 Å². The van der Waals surface area contributed by atoms with Gasteiger partial charge in [-0.05, 0) is 18.1 Å². The predicted molar refractivity (Wildman–Crippen MR) is 57.4 cm³/mol. The lowest BCUT2D eigenvalue weighted by Gasteiger charge is -2.08. The van der Waals surface area contributed by atoms with Gasteiger partial charge in [0.25, 0.3) is 0 Å². The van der Waals surface area contributed by atoms with Gasteiger partial charge >= 0.3 is 6.36 Å². The van der Waals surface area contributed by atoms with Crippen LogP contribution in [0.5, 0.6) is 0 Å². The summed E-state index contributed by atoms with van der Waals surface area (Å²) in [6, 6.07) is 7.28. The molecule has 0 fully saturated rings. The lowest BCUT2D eigenvalue weighted by atomic mass is 10.1. The van der Waals surface area contributed by atoms with E-state index >= 15 is 0 Å². The van der Waals surface area contributed by atoms with Crippen molar-refractivity contribution in [1.82, 2.24) is 0 Å². The molecule has 1 rings (SSSR count). The maximum absolute atomic E-state index is 11.6. The minimum atomic E-state index is -4.59. The number of alkyl halides is 3. The van der Waals surface area contributed by atoms with Gasteiger partial charge in [-0.3, -0.25) is 4.74 Å². The van der Waals surface area contributed by atoms with Crippen LogP contribution in [0.15, 0.2) is 24.3 Å². The molecule has 0 heterocycles. The van der Waals surface area contributed by atoms with Crippen LogP contribution in [0.3, 0.4) is 0 Å². The number of hydrogen-bond donors (Lipinski definition) is 1. The molecule has 0 aliphatic carbocycles. The summed E-state index contributed by atoms with van der Waals surface area (Å²) in [5.41, 5.74) is 7.27. The van der Waals surface area contributed by atoms with Crippen LogP contribution >= 0.6 is 0 Å². The molecule has 0 radical (unpaired) electrons. The summed E-state index contributed by atoms with van der Waals surface area (Å²) in [6.07, 6.45) is -4.02. The number of rotatable bonds is 6. The van der Waals surface area contributed by atoms with Crippen LogP contribution < -0.4 is 5.73 Å². The molecule has 2 N–H and O–H groups in total. The minimum Gasteiger partial charge on any atom is -0.399 e. The van der Waals surface area contributed by atoms with Gasteiger partial charge in [-0.15, -0.1) is 13.2 Å². The van der Waals surface area contributed by atoms with Crippen molar-refractivity contribution in [3.05, 3.63) is 29.8 Å². The highest BCUT2D eigenvalue weighted by atomic mass is 19.4. The van der Waals surface area contributed by atoms with E-state index in [0.717, 1.165) is 5.56 Å². The molecule has 0 aliphatic heterocycles. The Hall–Kier alpha value is -1.27. The quantitative estimate of drug-likeness (QED) is 0.621. The Balaban J connectivity index is 2.11. The van der Waals surface area contributed by atoms with E-state index < -0.39 is 13.0 Å². The molecule has 1 aromatic rings. The van der Waals surface area contributed by atoms with E-state index in [1.54, 1.807) is 6.07 Å². The molecule has 3 nitrogen and oxygen atoms in total. The lowest BCUT2D eigenvalue weighted by Crippen LogP contribution is -2.17. The van der Waals surface area contributed by atoms with E-state index in [1.165, 1.54) is 0 Å². The van der Waals surface area contributed by atoms with E-state index in [4.69, 9.17) is 10.5 Å². The first-order chi connectivity index (χ1) is 7.99. The third-order valence-corrected chi connectivity index (χ3v) is 2.06. The second-order valence-corrected chi connectivity index (χ2v) is 3.36. The van der Waals surface area contributed by atoms with Crippen LogP contribution in [-0.4, -0.2) is 26.2 Å². The molecule has 0 amide bonds. The highest BCUT2D eigenvalue weighted by Crippen LogP contribution is 2.15. The molecule has 96 valence electrons. The van der Waals surface area contributed by atoms with Crippen LogP contribution in [0.4, 0.5) is 18.9 Å². The van der Waals surface area contributed by atoms with Crippen molar-refractivity contribution in [2.24, 2.45) is 0 Å². The summed E-state index contributed by atoms with van der Waals surface area (Å²) in [6.45, 7) is -0.268. The van der Waals surface area contributed by atoms with E-state index in [1.807, 2.05) is 18.2 Å². The Morgan fingerprint density at radius 3 is 2.41 bits per heavy atom. The molecular formula is C11H14F3NO2. The number of para-hydroxylation sites is 1. The number of halogens is 3. The maximum atomic E-state index is 11.6. The van der Waals surface area contributed by atoms with Crippen molar-refractivity contribution >= 4 is 5.69 Å². The van der Waals surface area contributed by atoms with Crippen molar-refractivity contribution in [3.63, 3.8) is 0 Å². The summed E-state index contributed by atoms with van der Waals surface area (Å²) in [7, 11) is 0. The molecular weight excluding hydrogens is 235 g/mol. The molecule has 17 heavy (non-hydrogen) atoms. The summed E-state index contributed by atoms with van der Waals surface area (Å²) >= 11 is 0. The van der Waals surface area contributed by atoms with Crippen molar-refractivity contribution in [1.29, 1.82) is 0 Å². The Morgan fingerprint density at radius 1 is 1.06 bits per heavy atom. The largest absolute Gasteiger partial charge is 0.522 e. The highest BCUT2D eigenvalue weighted by Gasteiger charge is 2.28. The fourth-order valence-electron chi connectivity index (χ4n) is 1.26. The van der Waals surface area contributed by atoms with Gasteiger partial charge in [0.1, 0.15) is 0 Å². The second-order valence-electron chi connectivity index (χ2n) is 3.36. The average molecular weight is 249 g/mol. The van der Waals surface area contributed by atoms with E-state index in [0.29, 0.717) is 18.7 Å². The van der Waals surface area contributed by atoms with Crippen molar-refractivity contribution in [2.45, 2.75) is 12.8 Å². The standard InChI is InChI=1S/C11H14F3NO2/c12-11(13,14)17-8-7-16-6-5-9-3-1-2-4-10(9)15/h1-4H,5-8,15H2. The normalized spacial score (nSPS) is 11.7. The van der Waals surface area contributed by atoms with Crippen molar-refractivity contribution in [2.75, 3.05) is 25.6 Å². The van der Waals surface area contributed by atoms with Crippen LogP contribution in [0.1, 0.15) is 5.56 Å². The van der Waals surface area contributed by atoms with Gasteiger partial charge in [0.15, 0.2) is 0 Å². The van der Waals surface area contributed by atoms with Crippen molar-refractivity contribution in [3.8, 4) is 0 Å². The molecule has 6 heteroatoms. The Bertz CT molecular complexity index is 342. The van der Waals surface area contributed by atoms with E-state index in [-0.39, 0.29) is 6.61 Å². The third kappa shape index (κ3) is 6.13. The number of anilines is 1. The van der Waals surface area contributed by atoms with Crippen LogP contribution in [0.2, 0.25) is 0 Å². The lowest BCUT2D eigenvalue weighted by molar-refractivity contribution is -0.327. The fraction of sp³-hybridized carbons (Fsp3) is 0.455. The summed E-state index contributed by atoms with van der Waals surface area (Å²) in [4.78, 5) is 0. The highest BCUT2D eigenvalue weighted by molar-refractivity contribution is 5.46. The number of hydrogen-bond acceptors (Lipinski definition) is 3. The maximum Gasteiger partial charge on any atom is 0.522 e. The van der Waals surface area contributed by atoms with E-state index in [9.17, 15) is 13.2 Å². The number of nitrogen functional groups attached to an aromatic ring is 1.